The summed E-state index contributed by atoms with van der Waals surface area (Å²) in [5.41, 5.74) is 7.48. The fraction of sp³-hybridized carbons (Fsp3) is 0.417. The number of anilines is 1. The molecule has 6 nitrogen and oxygen atoms in total. The van der Waals surface area contributed by atoms with Crippen LogP contribution in [0.25, 0.3) is 11.0 Å². The fourth-order valence-electron chi connectivity index (χ4n) is 2.26. The molecule has 3 rings (SSSR count). The predicted molar refractivity (Wildman–Crippen MR) is 71.5 cm³/mol. The first-order valence-electron chi connectivity index (χ1n) is 6.10. The number of nitrogen functional groups attached to an aromatic ring is 1. The zero-order chi connectivity index (χ0) is 13.5. The Morgan fingerprint density at radius 3 is 3.05 bits per heavy atom. The molecule has 2 heterocycles. The molecule has 1 unspecified atom stereocenters. The smallest absolute Gasteiger partial charge is 0.226 e. The highest BCUT2D eigenvalue weighted by atomic mass is 32.2. The van der Waals surface area contributed by atoms with Crippen molar-refractivity contribution in [1.29, 1.82) is 0 Å². The second kappa shape index (κ2) is 4.50. The average molecular weight is 281 g/mol. The molecule has 1 saturated heterocycles. The molecule has 0 saturated carbocycles. The Morgan fingerprint density at radius 2 is 2.32 bits per heavy atom. The van der Waals surface area contributed by atoms with E-state index in [1.807, 2.05) is 0 Å². The summed E-state index contributed by atoms with van der Waals surface area (Å²) >= 11 is 0. The number of aromatic amines is 1. The number of ether oxygens (including phenoxy) is 1. The molecule has 7 heteroatoms. The number of hydrogen-bond donors (Lipinski definition) is 2. The number of fused-ring (bicyclic) bond motifs is 1. The van der Waals surface area contributed by atoms with Gasteiger partial charge in [-0.05, 0) is 30.5 Å². The minimum Gasteiger partial charge on any atom is -0.399 e. The van der Waals surface area contributed by atoms with E-state index in [-0.39, 0.29) is 16.8 Å². The lowest BCUT2D eigenvalue weighted by atomic mass is 10.2. The van der Waals surface area contributed by atoms with Gasteiger partial charge in [-0.15, -0.1) is 0 Å². The van der Waals surface area contributed by atoms with Gasteiger partial charge in [-0.25, -0.2) is 13.4 Å². The molecule has 0 amide bonds. The van der Waals surface area contributed by atoms with Crippen LogP contribution >= 0.6 is 0 Å². The Morgan fingerprint density at radius 1 is 1.47 bits per heavy atom. The molecule has 1 aromatic carbocycles. The topological polar surface area (TPSA) is 98.1 Å². The highest BCUT2D eigenvalue weighted by Crippen LogP contribution is 2.21. The number of sulfone groups is 1. The standard InChI is InChI=1S/C12H15N3O3S/c13-9-1-2-10-11(5-9)15-12(14-10)19(16,17)7-8-3-4-18-6-8/h1-2,5,8H,3-4,6-7,13H2,(H,14,15). The quantitative estimate of drug-likeness (QED) is 0.816. The average Bonchev–Trinajstić information content (AvgIpc) is 2.96. The van der Waals surface area contributed by atoms with Gasteiger partial charge in [0.15, 0.2) is 0 Å². The van der Waals surface area contributed by atoms with E-state index >= 15 is 0 Å². The van der Waals surface area contributed by atoms with Crippen LogP contribution in [0.5, 0.6) is 0 Å². The van der Waals surface area contributed by atoms with Gasteiger partial charge in [0, 0.05) is 12.3 Å². The van der Waals surface area contributed by atoms with E-state index in [1.54, 1.807) is 18.2 Å². The summed E-state index contributed by atoms with van der Waals surface area (Å²) in [7, 11) is -3.41. The number of nitrogens with two attached hydrogens (primary N) is 1. The summed E-state index contributed by atoms with van der Waals surface area (Å²) < 4.78 is 29.7. The minimum atomic E-state index is -3.41. The van der Waals surface area contributed by atoms with Crippen molar-refractivity contribution in [2.24, 2.45) is 5.92 Å². The number of H-pyrrole nitrogens is 1. The Hall–Kier alpha value is -1.60. The highest BCUT2D eigenvalue weighted by Gasteiger charge is 2.27. The molecule has 1 fully saturated rings. The summed E-state index contributed by atoms with van der Waals surface area (Å²) in [4.78, 5) is 6.96. The SMILES string of the molecule is Nc1ccc2nc(S(=O)(=O)CC3CCOC3)[nH]c2c1. The highest BCUT2D eigenvalue weighted by molar-refractivity contribution is 7.91. The number of aromatic nitrogens is 2. The summed E-state index contributed by atoms with van der Waals surface area (Å²) in [5, 5.41) is 0.0139. The normalized spacial score (nSPS) is 20.1. The van der Waals surface area contributed by atoms with Crippen LogP contribution in [0.1, 0.15) is 6.42 Å². The second-order valence-corrected chi connectivity index (χ2v) is 6.78. The van der Waals surface area contributed by atoms with E-state index in [0.717, 1.165) is 6.42 Å². The van der Waals surface area contributed by atoms with Gasteiger partial charge < -0.3 is 15.5 Å². The van der Waals surface area contributed by atoms with Crippen molar-refractivity contribution >= 4 is 26.6 Å². The van der Waals surface area contributed by atoms with Crippen LogP contribution in [0.15, 0.2) is 23.4 Å². The maximum atomic E-state index is 12.3. The molecule has 2 aromatic rings. The lowest BCUT2D eigenvalue weighted by Gasteiger charge is -2.05. The van der Waals surface area contributed by atoms with Crippen molar-refractivity contribution in [1.82, 2.24) is 9.97 Å². The predicted octanol–water partition coefficient (Wildman–Crippen LogP) is 0.955. The molecule has 1 aromatic heterocycles. The maximum Gasteiger partial charge on any atom is 0.226 e. The maximum absolute atomic E-state index is 12.3. The molecule has 0 bridgehead atoms. The number of rotatable bonds is 3. The van der Waals surface area contributed by atoms with Gasteiger partial charge in [-0.1, -0.05) is 0 Å². The van der Waals surface area contributed by atoms with E-state index in [4.69, 9.17) is 10.5 Å². The third kappa shape index (κ3) is 2.43. The van der Waals surface area contributed by atoms with Crippen LogP contribution in [-0.2, 0) is 14.6 Å². The van der Waals surface area contributed by atoms with E-state index in [9.17, 15) is 8.42 Å². The molecular weight excluding hydrogens is 266 g/mol. The van der Waals surface area contributed by atoms with Crippen molar-refractivity contribution in [2.75, 3.05) is 24.7 Å². The number of nitrogens with one attached hydrogen (secondary N) is 1. The number of imidazole rings is 1. The largest absolute Gasteiger partial charge is 0.399 e. The molecule has 1 atom stereocenters. The molecule has 19 heavy (non-hydrogen) atoms. The van der Waals surface area contributed by atoms with Crippen LogP contribution in [0.2, 0.25) is 0 Å². The lowest BCUT2D eigenvalue weighted by Crippen LogP contribution is -2.17. The van der Waals surface area contributed by atoms with Crippen molar-refractivity contribution in [3.63, 3.8) is 0 Å². The zero-order valence-corrected chi connectivity index (χ0v) is 11.1. The fourth-order valence-corrected chi connectivity index (χ4v) is 3.80. The number of nitrogens with zero attached hydrogens (tertiary/aromatic N) is 1. The van der Waals surface area contributed by atoms with Crippen molar-refractivity contribution < 1.29 is 13.2 Å². The molecule has 0 spiro atoms. The molecule has 102 valence electrons. The Balaban J connectivity index is 1.93. The van der Waals surface area contributed by atoms with Crippen LogP contribution < -0.4 is 5.73 Å². The lowest BCUT2D eigenvalue weighted by molar-refractivity contribution is 0.188. The van der Waals surface area contributed by atoms with Crippen LogP contribution in [0, 0.1) is 5.92 Å². The molecule has 1 aliphatic heterocycles. The van der Waals surface area contributed by atoms with Crippen molar-refractivity contribution in [3.8, 4) is 0 Å². The summed E-state index contributed by atoms with van der Waals surface area (Å²) in [6.45, 7) is 1.14. The van der Waals surface area contributed by atoms with Gasteiger partial charge in [0.2, 0.25) is 15.0 Å². The first kappa shape index (κ1) is 12.4. The van der Waals surface area contributed by atoms with E-state index in [1.165, 1.54) is 0 Å². The third-order valence-corrected chi connectivity index (χ3v) is 4.95. The van der Waals surface area contributed by atoms with Crippen LogP contribution in [-0.4, -0.2) is 37.4 Å². The van der Waals surface area contributed by atoms with E-state index < -0.39 is 9.84 Å². The molecule has 1 aliphatic rings. The zero-order valence-electron chi connectivity index (χ0n) is 10.3. The molecule has 3 N–H and O–H groups in total. The first-order chi connectivity index (χ1) is 9.04. The second-order valence-electron chi connectivity index (χ2n) is 4.83. The Bertz CT molecular complexity index is 702. The number of hydrogen-bond acceptors (Lipinski definition) is 5. The third-order valence-electron chi connectivity index (χ3n) is 3.26. The first-order valence-corrected chi connectivity index (χ1v) is 7.75. The summed E-state index contributed by atoms with van der Waals surface area (Å²) in [6.07, 6.45) is 0.784. The Kier molecular flexibility index (Phi) is 2.94. The number of benzene rings is 1. The van der Waals surface area contributed by atoms with Gasteiger partial charge in [-0.3, -0.25) is 0 Å². The molecule has 0 radical (unpaired) electrons. The van der Waals surface area contributed by atoms with Crippen LogP contribution in [0.3, 0.4) is 0 Å². The summed E-state index contributed by atoms with van der Waals surface area (Å²) in [5.74, 6) is 0.130. The van der Waals surface area contributed by atoms with Gasteiger partial charge in [0.25, 0.3) is 0 Å². The monoisotopic (exact) mass is 281 g/mol. The Labute approximate surface area is 110 Å². The van der Waals surface area contributed by atoms with Gasteiger partial charge in [0.1, 0.15) is 0 Å². The minimum absolute atomic E-state index is 0.0139. The van der Waals surface area contributed by atoms with Crippen LogP contribution in [0.4, 0.5) is 5.69 Å². The van der Waals surface area contributed by atoms with Gasteiger partial charge in [0.05, 0.1) is 23.4 Å². The van der Waals surface area contributed by atoms with E-state index in [0.29, 0.717) is 29.9 Å². The van der Waals surface area contributed by atoms with Crippen molar-refractivity contribution in [2.45, 2.75) is 11.6 Å². The van der Waals surface area contributed by atoms with E-state index in [2.05, 4.69) is 9.97 Å². The van der Waals surface area contributed by atoms with Gasteiger partial charge >= 0.3 is 0 Å². The van der Waals surface area contributed by atoms with Crippen molar-refractivity contribution in [3.05, 3.63) is 18.2 Å². The molecular formula is C12H15N3O3S. The molecule has 0 aliphatic carbocycles. The summed E-state index contributed by atoms with van der Waals surface area (Å²) in [6, 6.07) is 5.09. The van der Waals surface area contributed by atoms with Gasteiger partial charge in [-0.2, -0.15) is 0 Å².